The minimum atomic E-state index is -5.08. The van der Waals surface area contributed by atoms with Crippen molar-refractivity contribution in [3.63, 3.8) is 0 Å². The molecule has 4 aromatic rings. The standard InChI is InChI=1S/C27H33N5O5S3.C2HF3O2/c1-3-36-15-14-32(40(34,35)24-9-6-16-38-24)23-8-5-7-20-17-22(29-25(20)23)26-28-18-21(39-26)19-30-10-12-31(13-11-30)27(33)37-4-2;3-2(4,5)1(6)7/h5-9,16-18,29H,3-4,10-15,19H2,1-2H3;(H,6,7). The van der Waals surface area contributed by atoms with Gasteiger partial charge in [-0.2, -0.15) is 13.2 Å². The summed E-state index contributed by atoms with van der Waals surface area (Å²) in [7, 11) is -3.76. The Balaban J connectivity index is 0.000000644. The Morgan fingerprint density at radius 3 is 2.45 bits per heavy atom. The zero-order valence-electron chi connectivity index (χ0n) is 25.5. The number of nitrogens with zero attached hydrogens (tertiary/aromatic N) is 4. The van der Waals surface area contributed by atoms with Gasteiger partial charge in [-0.1, -0.05) is 18.2 Å². The fraction of sp³-hybridized carbons (Fsp3) is 0.414. The number of hydrogen-bond donors (Lipinski definition) is 2. The molecule has 1 aliphatic heterocycles. The van der Waals surface area contributed by atoms with Crippen molar-refractivity contribution in [1.29, 1.82) is 0 Å². The van der Waals surface area contributed by atoms with Crippen LogP contribution in [-0.4, -0.2) is 104 Å². The molecule has 1 aliphatic rings. The quantitative estimate of drug-likeness (QED) is 0.192. The van der Waals surface area contributed by atoms with E-state index in [-0.39, 0.29) is 19.2 Å². The number of hydrogen-bond acceptors (Lipinski definition) is 10. The molecule has 0 spiro atoms. The maximum Gasteiger partial charge on any atom is 0.490 e. The van der Waals surface area contributed by atoms with Crippen LogP contribution in [0.25, 0.3) is 21.6 Å². The second-order valence-corrected chi connectivity index (χ2v) is 14.2. The van der Waals surface area contributed by atoms with Crippen molar-refractivity contribution in [3.05, 3.63) is 52.9 Å². The normalized spacial score (nSPS) is 14.1. The summed E-state index contributed by atoms with van der Waals surface area (Å²) in [5.74, 6) is -2.76. The van der Waals surface area contributed by atoms with E-state index in [0.29, 0.717) is 36.2 Å². The van der Waals surface area contributed by atoms with E-state index in [2.05, 4.69) is 14.9 Å². The average Bonchev–Trinajstić information content (AvgIpc) is 3.81. The molecule has 5 rings (SSSR count). The van der Waals surface area contributed by atoms with Crippen LogP contribution in [0.4, 0.5) is 23.7 Å². The number of anilines is 1. The fourth-order valence-electron chi connectivity index (χ4n) is 4.67. The number of benzene rings is 1. The summed E-state index contributed by atoms with van der Waals surface area (Å²) < 4.78 is 71.3. The monoisotopic (exact) mass is 717 g/mol. The third-order valence-corrected chi connectivity index (χ3v) is 11.1. The van der Waals surface area contributed by atoms with Gasteiger partial charge < -0.3 is 24.5 Å². The average molecular weight is 718 g/mol. The van der Waals surface area contributed by atoms with E-state index in [1.54, 1.807) is 33.7 Å². The lowest BCUT2D eigenvalue weighted by molar-refractivity contribution is -0.192. The molecule has 0 bridgehead atoms. The van der Waals surface area contributed by atoms with Crippen LogP contribution in [0.5, 0.6) is 0 Å². The molecule has 3 aromatic heterocycles. The van der Waals surface area contributed by atoms with Gasteiger partial charge in [-0.3, -0.25) is 9.21 Å². The summed E-state index contributed by atoms with van der Waals surface area (Å²) in [5.41, 5.74) is 2.15. The number of aromatic nitrogens is 2. The lowest BCUT2D eigenvalue weighted by Crippen LogP contribution is -2.48. The first-order valence-electron chi connectivity index (χ1n) is 14.5. The van der Waals surface area contributed by atoms with Crippen LogP contribution in [0.3, 0.4) is 0 Å². The molecule has 0 unspecified atom stereocenters. The van der Waals surface area contributed by atoms with E-state index < -0.39 is 22.2 Å². The summed E-state index contributed by atoms with van der Waals surface area (Å²) in [6, 6.07) is 11.0. The Bertz CT molecular complexity index is 1740. The Morgan fingerprint density at radius 2 is 1.83 bits per heavy atom. The summed E-state index contributed by atoms with van der Waals surface area (Å²) in [6.45, 7) is 8.68. The van der Waals surface area contributed by atoms with Gasteiger partial charge >= 0.3 is 18.2 Å². The molecule has 0 atom stereocenters. The van der Waals surface area contributed by atoms with Crippen LogP contribution in [0.2, 0.25) is 0 Å². The number of carbonyl (C=O) groups is 2. The second-order valence-electron chi connectivity index (χ2n) is 10.0. The number of rotatable bonds is 11. The maximum absolute atomic E-state index is 13.6. The number of para-hydroxylation sites is 1. The Morgan fingerprint density at radius 1 is 1.11 bits per heavy atom. The van der Waals surface area contributed by atoms with E-state index in [0.717, 1.165) is 46.1 Å². The van der Waals surface area contributed by atoms with Gasteiger partial charge in [0.15, 0.2) is 0 Å². The first kappa shape index (κ1) is 36.1. The van der Waals surface area contributed by atoms with E-state index in [1.165, 1.54) is 15.6 Å². The summed E-state index contributed by atoms with van der Waals surface area (Å²) >= 11 is 2.81. The molecule has 256 valence electrons. The molecule has 0 radical (unpaired) electrons. The molecular weight excluding hydrogens is 684 g/mol. The number of thiazole rings is 1. The summed E-state index contributed by atoms with van der Waals surface area (Å²) in [4.78, 5) is 34.2. The molecule has 1 amide bonds. The predicted octanol–water partition coefficient (Wildman–Crippen LogP) is 5.49. The number of amides is 1. The molecule has 1 aromatic carbocycles. The third kappa shape index (κ3) is 9.22. The maximum atomic E-state index is 13.6. The molecule has 1 fully saturated rings. The number of thiophene rings is 1. The van der Waals surface area contributed by atoms with Gasteiger partial charge in [-0.15, -0.1) is 22.7 Å². The summed E-state index contributed by atoms with van der Waals surface area (Å²) in [6.07, 6.45) is -3.44. The van der Waals surface area contributed by atoms with E-state index in [4.69, 9.17) is 19.4 Å². The topological polar surface area (TPSA) is 145 Å². The number of H-pyrrole nitrogens is 1. The van der Waals surface area contributed by atoms with Crippen molar-refractivity contribution in [2.24, 2.45) is 0 Å². The largest absolute Gasteiger partial charge is 0.490 e. The number of aliphatic carboxylic acids is 1. The van der Waals surface area contributed by atoms with Gasteiger partial charge in [0.05, 0.1) is 36.7 Å². The van der Waals surface area contributed by atoms with E-state index >= 15 is 0 Å². The zero-order valence-corrected chi connectivity index (χ0v) is 28.0. The predicted molar refractivity (Wildman–Crippen MR) is 172 cm³/mol. The molecule has 4 heterocycles. The number of carboxylic acids is 1. The van der Waals surface area contributed by atoms with Crippen molar-refractivity contribution in [2.45, 2.75) is 30.8 Å². The Labute approximate surface area is 277 Å². The van der Waals surface area contributed by atoms with Crippen LogP contribution in [-0.2, 0) is 30.8 Å². The molecule has 1 saturated heterocycles. The number of sulfonamides is 1. The first-order chi connectivity index (χ1) is 22.3. The number of carbonyl (C=O) groups excluding carboxylic acids is 1. The van der Waals surface area contributed by atoms with Crippen molar-refractivity contribution >= 4 is 61.3 Å². The minimum absolute atomic E-state index is 0.201. The number of aromatic amines is 1. The van der Waals surface area contributed by atoms with Crippen LogP contribution in [0, 0.1) is 0 Å². The highest BCUT2D eigenvalue weighted by atomic mass is 32.2. The molecule has 2 N–H and O–H groups in total. The molecular formula is C29H34F3N5O7S3. The molecule has 18 heteroatoms. The number of piperazine rings is 1. The van der Waals surface area contributed by atoms with Gasteiger partial charge in [-0.05, 0) is 37.4 Å². The SMILES string of the molecule is CCOCCN(c1cccc2cc(-c3ncc(CN4CCN(C(=O)OCC)CC4)s3)[nH]c12)S(=O)(=O)c1cccs1.O=C(O)C(F)(F)F. The first-order valence-corrected chi connectivity index (χ1v) is 17.6. The third-order valence-electron chi connectivity index (χ3n) is 6.89. The number of fused-ring (bicyclic) bond motifs is 1. The van der Waals surface area contributed by atoms with Crippen LogP contribution in [0.1, 0.15) is 18.7 Å². The highest BCUT2D eigenvalue weighted by Gasteiger charge is 2.38. The molecule has 12 nitrogen and oxygen atoms in total. The highest BCUT2D eigenvalue weighted by molar-refractivity contribution is 7.94. The Hall–Kier alpha value is -3.71. The van der Waals surface area contributed by atoms with Crippen LogP contribution < -0.4 is 4.31 Å². The number of halogens is 3. The Kier molecular flexibility index (Phi) is 12.2. The fourth-order valence-corrected chi connectivity index (χ4v) is 8.16. The molecule has 47 heavy (non-hydrogen) atoms. The second kappa shape index (κ2) is 15.9. The highest BCUT2D eigenvalue weighted by Crippen LogP contribution is 2.35. The van der Waals surface area contributed by atoms with Gasteiger partial charge in [0, 0.05) is 55.8 Å². The van der Waals surface area contributed by atoms with Gasteiger partial charge in [0.1, 0.15) is 9.22 Å². The lowest BCUT2D eigenvalue weighted by atomic mass is 10.2. The number of ether oxygens (including phenoxy) is 2. The minimum Gasteiger partial charge on any atom is -0.475 e. The molecule has 0 aliphatic carbocycles. The number of nitrogens with one attached hydrogen (secondary N) is 1. The van der Waals surface area contributed by atoms with Gasteiger partial charge in [0.2, 0.25) is 0 Å². The smallest absolute Gasteiger partial charge is 0.475 e. The van der Waals surface area contributed by atoms with Crippen molar-refractivity contribution in [2.75, 3.05) is 56.8 Å². The number of alkyl halides is 3. The molecule has 0 saturated carbocycles. The van der Waals surface area contributed by atoms with Crippen molar-refractivity contribution < 1.29 is 45.8 Å². The van der Waals surface area contributed by atoms with E-state index in [1.807, 2.05) is 44.3 Å². The lowest BCUT2D eigenvalue weighted by Gasteiger charge is -2.33. The van der Waals surface area contributed by atoms with E-state index in [9.17, 15) is 26.4 Å². The van der Waals surface area contributed by atoms with Crippen LogP contribution >= 0.6 is 22.7 Å². The number of carboxylic acid groups (broad SMARTS) is 1. The summed E-state index contributed by atoms with van der Waals surface area (Å²) in [5, 5.41) is 10.6. The van der Waals surface area contributed by atoms with Gasteiger partial charge in [-0.25, -0.2) is 23.0 Å². The van der Waals surface area contributed by atoms with Crippen molar-refractivity contribution in [3.8, 4) is 10.7 Å². The van der Waals surface area contributed by atoms with Gasteiger partial charge in [0.25, 0.3) is 10.0 Å². The van der Waals surface area contributed by atoms with Crippen molar-refractivity contribution in [1.82, 2.24) is 19.8 Å². The zero-order chi connectivity index (χ0) is 34.2. The van der Waals surface area contributed by atoms with Crippen LogP contribution in [0.15, 0.2) is 52.2 Å².